The quantitative estimate of drug-likeness (QED) is 0.623. The molecule has 0 saturated carbocycles. The average Bonchev–Trinajstić information content (AvgIpc) is 2.33. The van der Waals surface area contributed by atoms with Crippen LogP contribution in [0.15, 0.2) is 34.8 Å². The zero-order valence-electron chi connectivity index (χ0n) is 8.86. The molecule has 0 amide bonds. The topological polar surface area (TPSA) is 26.3 Å². The van der Waals surface area contributed by atoms with Crippen LogP contribution in [0.4, 0.5) is 0 Å². The largest absolute Gasteiger partial charge is 0.484 e. The number of hydrogen-bond acceptors (Lipinski definition) is 2. The standard InChI is InChI=1S/C13H13BrO2/c14-12-8-4-5-10(9-15)13(12)16-11-6-2-1-3-7-11/h2,4-6,8-9,11H,1,3,7H2. The van der Waals surface area contributed by atoms with Gasteiger partial charge in [-0.25, -0.2) is 0 Å². The van der Waals surface area contributed by atoms with Gasteiger partial charge in [0.2, 0.25) is 0 Å². The molecule has 0 saturated heterocycles. The summed E-state index contributed by atoms with van der Waals surface area (Å²) in [5.41, 5.74) is 0.591. The first-order valence-electron chi connectivity index (χ1n) is 5.38. The molecule has 0 spiro atoms. The molecule has 1 aromatic rings. The Morgan fingerprint density at radius 3 is 3.00 bits per heavy atom. The van der Waals surface area contributed by atoms with Gasteiger partial charge in [-0.2, -0.15) is 0 Å². The number of para-hydroxylation sites is 1. The van der Waals surface area contributed by atoms with E-state index in [4.69, 9.17) is 4.74 Å². The minimum atomic E-state index is 0.0890. The van der Waals surface area contributed by atoms with Gasteiger partial charge in [-0.05, 0) is 53.4 Å². The lowest BCUT2D eigenvalue weighted by Gasteiger charge is -2.20. The number of benzene rings is 1. The lowest BCUT2D eigenvalue weighted by molar-refractivity contribution is 0.111. The third-order valence-electron chi connectivity index (χ3n) is 2.60. The highest BCUT2D eigenvalue weighted by Gasteiger charge is 2.14. The van der Waals surface area contributed by atoms with Crippen molar-refractivity contribution in [3.63, 3.8) is 0 Å². The zero-order valence-corrected chi connectivity index (χ0v) is 10.4. The molecule has 84 valence electrons. The molecule has 3 heteroatoms. The van der Waals surface area contributed by atoms with E-state index in [2.05, 4.69) is 28.1 Å². The summed E-state index contributed by atoms with van der Waals surface area (Å²) in [7, 11) is 0. The summed E-state index contributed by atoms with van der Waals surface area (Å²) < 4.78 is 6.67. The van der Waals surface area contributed by atoms with Crippen LogP contribution in [0, 0.1) is 0 Å². The number of carbonyl (C=O) groups excluding carboxylic acids is 1. The molecule has 0 aliphatic heterocycles. The van der Waals surface area contributed by atoms with E-state index in [-0.39, 0.29) is 6.10 Å². The van der Waals surface area contributed by atoms with Crippen LogP contribution >= 0.6 is 15.9 Å². The Balaban J connectivity index is 2.22. The van der Waals surface area contributed by atoms with E-state index in [1.165, 1.54) is 0 Å². The van der Waals surface area contributed by atoms with Crippen molar-refractivity contribution in [2.24, 2.45) is 0 Å². The summed E-state index contributed by atoms with van der Waals surface area (Å²) in [6.45, 7) is 0. The van der Waals surface area contributed by atoms with Crippen LogP contribution in [0.25, 0.3) is 0 Å². The Kier molecular flexibility index (Phi) is 3.78. The second-order valence-electron chi connectivity index (χ2n) is 3.79. The summed E-state index contributed by atoms with van der Waals surface area (Å²) in [6.07, 6.45) is 8.38. The lowest BCUT2D eigenvalue weighted by Crippen LogP contribution is -2.16. The highest BCUT2D eigenvalue weighted by atomic mass is 79.9. The molecule has 0 aromatic heterocycles. The smallest absolute Gasteiger partial charge is 0.153 e. The van der Waals surface area contributed by atoms with Crippen molar-refractivity contribution in [3.05, 3.63) is 40.4 Å². The van der Waals surface area contributed by atoms with Gasteiger partial charge in [0, 0.05) is 0 Å². The number of rotatable bonds is 3. The van der Waals surface area contributed by atoms with Crippen molar-refractivity contribution in [1.29, 1.82) is 0 Å². The average molecular weight is 281 g/mol. The Hall–Kier alpha value is -1.09. The third kappa shape index (κ3) is 2.53. The van der Waals surface area contributed by atoms with Crippen LogP contribution in [0.3, 0.4) is 0 Å². The normalized spacial score (nSPS) is 19.4. The van der Waals surface area contributed by atoms with Crippen molar-refractivity contribution in [3.8, 4) is 5.75 Å². The summed E-state index contributed by atoms with van der Waals surface area (Å²) in [6, 6.07) is 5.48. The van der Waals surface area contributed by atoms with E-state index in [0.717, 1.165) is 30.0 Å². The molecule has 1 aromatic carbocycles. The van der Waals surface area contributed by atoms with Crippen LogP contribution in [-0.4, -0.2) is 12.4 Å². The van der Waals surface area contributed by atoms with E-state index in [1.807, 2.05) is 12.1 Å². The molecule has 0 bridgehead atoms. The predicted octanol–water partition coefficient (Wildman–Crippen LogP) is 3.75. The van der Waals surface area contributed by atoms with Crippen LogP contribution in [0.2, 0.25) is 0 Å². The summed E-state index contributed by atoms with van der Waals surface area (Å²) in [5.74, 6) is 0.647. The van der Waals surface area contributed by atoms with Crippen LogP contribution in [-0.2, 0) is 0 Å². The van der Waals surface area contributed by atoms with Gasteiger partial charge < -0.3 is 4.74 Å². The van der Waals surface area contributed by atoms with Crippen LogP contribution in [0.1, 0.15) is 29.6 Å². The van der Waals surface area contributed by atoms with Crippen molar-refractivity contribution in [2.75, 3.05) is 0 Å². The first kappa shape index (κ1) is 11.4. The molecule has 0 heterocycles. The van der Waals surface area contributed by atoms with Gasteiger partial charge in [0.05, 0.1) is 10.0 Å². The van der Waals surface area contributed by atoms with Crippen molar-refractivity contribution in [2.45, 2.75) is 25.4 Å². The van der Waals surface area contributed by atoms with Gasteiger partial charge in [0.1, 0.15) is 11.9 Å². The van der Waals surface area contributed by atoms with Gasteiger partial charge in [-0.3, -0.25) is 4.79 Å². The molecule has 16 heavy (non-hydrogen) atoms. The molecule has 0 radical (unpaired) electrons. The molecule has 1 aliphatic rings. The molecule has 0 fully saturated rings. The lowest BCUT2D eigenvalue weighted by atomic mass is 10.1. The molecular weight excluding hydrogens is 268 g/mol. The van der Waals surface area contributed by atoms with Gasteiger partial charge in [0.25, 0.3) is 0 Å². The van der Waals surface area contributed by atoms with Crippen LogP contribution < -0.4 is 4.74 Å². The minimum Gasteiger partial charge on any atom is -0.484 e. The summed E-state index contributed by atoms with van der Waals surface area (Å²) in [5, 5.41) is 0. The van der Waals surface area contributed by atoms with Crippen molar-refractivity contribution >= 4 is 22.2 Å². The third-order valence-corrected chi connectivity index (χ3v) is 3.23. The monoisotopic (exact) mass is 280 g/mol. The molecule has 1 unspecified atom stereocenters. The number of aldehydes is 1. The number of ether oxygens (including phenoxy) is 1. The summed E-state index contributed by atoms with van der Waals surface area (Å²) >= 11 is 3.41. The van der Waals surface area contributed by atoms with E-state index in [1.54, 1.807) is 6.07 Å². The van der Waals surface area contributed by atoms with Gasteiger partial charge >= 0.3 is 0 Å². The van der Waals surface area contributed by atoms with Crippen molar-refractivity contribution in [1.82, 2.24) is 0 Å². The van der Waals surface area contributed by atoms with Crippen LogP contribution in [0.5, 0.6) is 5.75 Å². The number of carbonyl (C=O) groups is 1. The maximum Gasteiger partial charge on any atom is 0.153 e. The minimum absolute atomic E-state index is 0.0890. The maximum atomic E-state index is 10.9. The van der Waals surface area contributed by atoms with Gasteiger partial charge in [-0.15, -0.1) is 0 Å². The molecule has 2 rings (SSSR count). The maximum absolute atomic E-state index is 10.9. The highest BCUT2D eigenvalue weighted by molar-refractivity contribution is 9.10. The van der Waals surface area contributed by atoms with Gasteiger partial charge in [-0.1, -0.05) is 12.1 Å². The van der Waals surface area contributed by atoms with E-state index >= 15 is 0 Å². The molecule has 2 nitrogen and oxygen atoms in total. The summed E-state index contributed by atoms with van der Waals surface area (Å²) in [4.78, 5) is 10.9. The number of hydrogen-bond donors (Lipinski definition) is 0. The zero-order chi connectivity index (χ0) is 11.4. The first-order chi connectivity index (χ1) is 7.81. The highest BCUT2D eigenvalue weighted by Crippen LogP contribution is 2.30. The Morgan fingerprint density at radius 1 is 1.44 bits per heavy atom. The fourth-order valence-corrected chi connectivity index (χ4v) is 2.25. The Labute approximate surface area is 103 Å². The number of halogens is 1. The number of allylic oxidation sites excluding steroid dienone is 1. The van der Waals surface area contributed by atoms with E-state index in [9.17, 15) is 4.79 Å². The van der Waals surface area contributed by atoms with E-state index < -0.39 is 0 Å². The fourth-order valence-electron chi connectivity index (χ4n) is 1.77. The van der Waals surface area contributed by atoms with E-state index in [0.29, 0.717) is 11.3 Å². The molecule has 1 atom stereocenters. The van der Waals surface area contributed by atoms with Gasteiger partial charge in [0.15, 0.2) is 6.29 Å². The molecule has 1 aliphatic carbocycles. The molecular formula is C13H13BrO2. The fraction of sp³-hybridized carbons (Fsp3) is 0.308. The Bertz CT molecular complexity index is 412. The second kappa shape index (κ2) is 5.30. The van der Waals surface area contributed by atoms with Crippen molar-refractivity contribution < 1.29 is 9.53 Å². The predicted molar refractivity (Wildman–Crippen MR) is 66.9 cm³/mol. The first-order valence-corrected chi connectivity index (χ1v) is 6.17. The molecule has 0 N–H and O–H groups in total. The Morgan fingerprint density at radius 2 is 2.31 bits per heavy atom. The second-order valence-corrected chi connectivity index (χ2v) is 4.65. The SMILES string of the molecule is O=Cc1cccc(Br)c1OC1C=CCCC1.